The largest absolute Gasteiger partial charge is 0.481 e. The number of carboxylic acid groups (broad SMARTS) is 1. The molecule has 0 aromatic rings. The third-order valence-electron chi connectivity index (χ3n) is 1.66. The van der Waals surface area contributed by atoms with E-state index >= 15 is 0 Å². The van der Waals surface area contributed by atoms with E-state index in [1.807, 2.05) is 0 Å². The van der Waals surface area contributed by atoms with E-state index in [0.717, 1.165) is 0 Å². The van der Waals surface area contributed by atoms with E-state index in [4.69, 9.17) is 5.11 Å². The van der Waals surface area contributed by atoms with Crippen LogP contribution in [-0.2, 0) is 19.1 Å². The van der Waals surface area contributed by atoms with E-state index in [1.54, 1.807) is 0 Å². The van der Waals surface area contributed by atoms with Crippen LogP contribution in [0.25, 0.3) is 0 Å². The molecule has 0 aromatic heterocycles. The smallest absolute Gasteiger partial charge is 0.303 e. The normalized spacial score (nSPS) is 11.6. The second kappa shape index (κ2) is 5.90. The highest BCUT2D eigenvalue weighted by Crippen LogP contribution is 2.12. The molecule has 0 amide bonds. The maximum atomic E-state index is 11.0. The third-order valence-corrected chi connectivity index (χ3v) is 1.66. The lowest BCUT2D eigenvalue weighted by molar-refractivity contribution is -0.136. The minimum Gasteiger partial charge on any atom is -0.481 e. The molecular weight excluding hydrogens is 188 g/mol. The van der Waals surface area contributed by atoms with E-state index in [-0.39, 0.29) is 36.4 Å². The monoisotopic (exact) mass is 200 g/mol. The lowest BCUT2D eigenvalue weighted by atomic mass is 10.1. The van der Waals surface area contributed by atoms with Crippen LogP contribution >= 0.6 is 0 Å². The lowest BCUT2D eigenvalue weighted by Gasteiger charge is -2.05. The molecule has 0 bridgehead atoms. The second-order valence-electron chi connectivity index (χ2n) is 2.70. The Morgan fingerprint density at radius 3 is 2.21 bits per heavy atom. The lowest BCUT2D eigenvalue weighted by Crippen LogP contribution is -2.05. The summed E-state index contributed by atoms with van der Waals surface area (Å²) in [5, 5.41) is 8.41. The molecule has 0 aliphatic carbocycles. The topological polar surface area (TPSA) is 80.7 Å². The zero-order valence-corrected chi connectivity index (χ0v) is 8.07. The second-order valence-corrected chi connectivity index (χ2v) is 2.70. The fourth-order valence-corrected chi connectivity index (χ4v) is 0.975. The van der Waals surface area contributed by atoms with Gasteiger partial charge in [-0.2, -0.15) is 0 Å². The Balaban J connectivity index is 4.58. The number of rotatable bonds is 6. The van der Waals surface area contributed by atoms with Crippen LogP contribution in [0, 0.1) is 0 Å². The minimum absolute atomic E-state index is 0.0737. The highest BCUT2D eigenvalue weighted by molar-refractivity contribution is 5.94. The Hall–Kier alpha value is -1.65. The van der Waals surface area contributed by atoms with Gasteiger partial charge in [-0.3, -0.25) is 14.4 Å². The summed E-state index contributed by atoms with van der Waals surface area (Å²) in [4.78, 5) is 31.3. The van der Waals surface area contributed by atoms with Crippen LogP contribution in [0.3, 0.4) is 0 Å². The van der Waals surface area contributed by atoms with Crippen LogP contribution in [0.15, 0.2) is 11.3 Å². The Morgan fingerprint density at radius 1 is 1.29 bits per heavy atom. The van der Waals surface area contributed by atoms with E-state index < -0.39 is 5.97 Å². The van der Waals surface area contributed by atoms with Crippen molar-refractivity contribution in [3.63, 3.8) is 0 Å². The number of carbonyl (C=O) groups is 3. The molecule has 0 saturated carbocycles. The Kier molecular flexibility index (Phi) is 5.21. The zero-order valence-electron chi connectivity index (χ0n) is 8.07. The molecule has 0 rings (SSSR count). The van der Waals surface area contributed by atoms with Gasteiger partial charge in [0, 0.05) is 12.0 Å². The standard InChI is InChI=1S/C9H12O5/c1-6(11)8(3-4-9(12)13)7(2)14-5-10/h5H,3-4H2,1-2H3,(H,12,13)/b8-7-. The first-order chi connectivity index (χ1) is 6.49. The summed E-state index contributed by atoms with van der Waals surface area (Å²) >= 11 is 0. The van der Waals surface area contributed by atoms with Crippen molar-refractivity contribution in [1.82, 2.24) is 0 Å². The van der Waals surface area contributed by atoms with Gasteiger partial charge in [-0.1, -0.05) is 0 Å². The van der Waals surface area contributed by atoms with E-state index in [2.05, 4.69) is 4.74 Å². The van der Waals surface area contributed by atoms with Gasteiger partial charge in [-0.05, 0) is 20.3 Å². The van der Waals surface area contributed by atoms with E-state index in [0.29, 0.717) is 0 Å². The van der Waals surface area contributed by atoms with Gasteiger partial charge in [0.2, 0.25) is 0 Å². The molecule has 14 heavy (non-hydrogen) atoms. The highest BCUT2D eigenvalue weighted by Gasteiger charge is 2.11. The fourth-order valence-electron chi connectivity index (χ4n) is 0.975. The third kappa shape index (κ3) is 4.39. The first-order valence-corrected chi connectivity index (χ1v) is 4.01. The molecule has 0 spiro atoms. The molecule has 78 valence electrons. The molecule has 0 aliphatic heterocycles. The van der Waals surface area contributed by atoms with Gasteiger partial charge in [0.1, 0.15) is 5.76 Å². The van der Waals surface area contributed by atoms with Gasteiger partial charge in [0.15, 0.2) is 5.78 Å². The number of carbonyl (C=O) groups excluding carboxylic acids is 2. The summed E-state index contributed by atoms with van der Waals surface area (Å²) in [6.45, 7) is 2.96. The highest BCUT2D eigenvalue weighted by atomic mass is 16.5. The average Bonchev–Trinajstić information content (AvgIpc) is 2.03. The van der Waals surface area contributed by atoms with Crippen LogP contribution in [0.2, 0.25) is 0 Å². The summed E-state index contributed by atoms with van der Waals surface area (Å²) in [6, 6.07) is 0. The van der Waals surface area contributed by atoms with Crippen LogP contribution in [0.5, 0.6) is 0 Å². The SMILES string of the molecule is CC(=O)/C(CCC(=O)O)=C(/C)OC=O. The summed E-state index contributed by atoms with van der Waals surface area (Å²) < 4.78 is 4.48. The summed E-state index contributed by atoms with van der Waals surface area (Å²) in [5.41, 5.74) is 0.236. The first kappa shape index (κ1) is 12.3. The van der Waals surface area contributed by atoms with Crippen molar-refractivity contribution in [2.45, 2.75) is 26.7 Å². The number of ketones is 1. The van der Waals surface area contributed by atoms with Gasteiger partial charge < -0.3 is 9.84 Å². The maximum absolute atomic E-state index is 11.0. The van der Waals surface area contributed by atoms with Crippen molar-refractivity contribution in [2.24, 2.45) is 0 Å². The van der Waals surface area contributed by atoms with Crippen LogP contribution in [-0.4, -0.2) is 23.3 Å². The molecule has 1 N–H and O–H groups in total. The molecule has 0 aliphatic rings. The van der Waals surface area contributed by atoms with Gasteiger partial charge in [-0.25, -0.2) is 0 Å². The van der Waals surface area contributed by atoms with E-state index in [1.165, 1.54) is 13.8 Å². The molecular formula is C9H12O5. The van der Waals surface area contributed by atoms with Crippen molar-refractivity contribution in [3.05, 3.63) is 11.3 Å². The minimum atomic E-state index is -0.998. The van der Waals surface area contributed by atoms with Gasteiger partial charge >= 0.3 is 5.97 Å². The molecule has 5 nitrogen and oxygen atoms in total. The summed E-state index contributed by atoms with van der Waals surface area (Å²) in [5.74, 6) is -1.12. The zero-order chi connectivity index (χ0) is 11.1. The summed E-state index contributed by atoms with van der Waals surface area (Å²) in [7, 11) is 0. The molecule has 0 aromatic carbocycles. The molecule has 0 unspecified atom stereocenters. The number of allylic oxidation sites excluding steroid dienone is 2. The van der Waals surface area contributed by atoms with Crippen molar-refractivity contribution in [3.8, 4) is 0 Å². The molecule has 0 radical (unpaired) electrons. The number of hydrogen-bond acceptors (Lipinski definition) is 4. The molecule has 0 atom stereocenters. The van der Waals surface area contributed by atoms with Gasteiger partial charge in [0.25, 0.3) is 6.47 Å². The summed E-state index contributed by atoms with van der Waals surface area (Å²) in [6.07, 6.45) is -0.0845. The molecule has 0 saturated heterocycles. The quantitative estimate of drug-likeness (QED) is 0.391. The Morgan fingerprint density at radius 2 is 1.86 bits per heavy atom. The number of aliphatic carboxylic acids is 1. The van der Waals surface area contributed by atoms with Crippen LogP contribution < -0.4 is 0 Å². The average molecular weight is 200 g/mol. The molecule has 0 heterocycles. The fraction of sp³-hybridized carbons (Fsp3) is 0.444. The van der Waals surface area contributed by atoms with Gasteiger partial charge in [-0.15, -0.1) is 0 Å². The van der Waals surface area contributed by atoms with Crippen molar-refractivity contribution >= 4 is 18.2 Å². The number of Topliss-reactive ketones (excluding diaryl/α,β-unsaturated/α-hetero) is 1. The van der Waals surface area contributed by atoms with Crippen LogP contribution in [0.1, 0.15) is 26.7 Å². The number of carboxylic acids is 1. The van der Waals surface area contributed by atoms with Crippen LogP contribution in [0.4, 0.5) is 0 Å². The molecule has 0 fully saturated rings. The van der Waals surface area contributed by atoms with Crippen molar-refractivity contribution in [2.75, 3.05) is 0 Å². The van der Waals surface area contributed by atoms with E-state index in [9.17, 15) is 14.4 Å². The molecule has 5 heteroatoms. The van der Waals surface area contributed by atoms with Gasteiger partial charge in [0.05, 0.1) is 0 Å². The van der Waals surface area contributed by atoms with Crippen molar-refractivity contribution in [1.29, 1.82) is 0 Å². The first-order valence-electron chi connectivity index (χ1n) is 4.01. The number of hydrogen-bond donors (Lipinski definition) is 1. The number of ether oxygens (including phenoxy) is 1. The predicted molar refractivity (Wildman–Crippen MR) is 47.4 cm³/mol. The predicted octanol–water partition coefficient (Wildman–Crippen LogP) is 0.887. The Bertz CT molecular complexity index is 277. The van der Waals surface area contributed by atoms with Crippen molar-refractivity contribution < 1.29 is 24.2 Å². The maximum Gasteiger partial charge on any atom is 0.303 e. The Labute approximate surface area is 81.4 Å².